The lowest BCUT2D eigenvalue weighted by molar-refractivity contribution is 0.0739. The maximum Gasteiger partial charge on any atom is 0.251 e. The summed E-state index contributed by atoms with van der Waals surface area (Å²) >= 11 is 0. The fourth-order valence-corrected chi connectivity index (χ4v) is 2.49. The molecule has 20 heavy (non-hydrogen) atoms. The van der Waals surface area contributed by atoms with Crippen molar-refractivity contribution >= 4 is 5.91 Å². The van der Waals surface area contributed by atoms with Gasteiger partial charge in [-0.2, -0.15) is 0 Å². The van der Waals surface area contributed by atoms with E-state index in [9.17, 15) is 4.79 Å². The van der Waals surface area contributed by atoms with Crippen molar-refractivity contribution in [2.45, 2.75) is 19.1 Å². The maximum absolute atomic E-state index is 12.3. The highest BCUT2D eigenvalue weighted by Crippen LogP contribution is 2.14. The Bertz CT molecular complexity index is 595. The molecule has 0 bridgehead atoms. The fourth-order valence-electron chi connectivity index (χ4n) is 2.49. The third-order valence-corrected chi connectivity index (χ3v) is 3.50. The molecule has 0 saturated heterocycles. The summed E-state index contributed by atoms with van der Waals surface area (Å²) < 4.78 is 5.72. The monoisotopic (exact) mass is 267 g/mol. The van der Waals surface area contributed by atoms with Crippen molar-refractivity contribution in [3.63, 3.8) is 0 Å². The predicted molar refractivity (Wildman–Crippen MR) is 77.5 cm³/mol. The smallest absolute Gasteiger partial charge is 0.251 e. The Hall–Kier alpha value is -2.13. The first-order valence-electron chi connectivity index (χ1n) is 6.83. The van der Waals surface area contributed by atoms with E-state index in [0.29, 0.717) is 18.8 Å². The van der Waals surface area contributed by atoms with Crippen LogP contribution in [0.2, 0.25) is 0 Å². The van der Waals surface area contributed by atoms with Crippen LogP contribution in [0.1, 0.15) is 21.5 Å². The number of ether oxygens (including phenoxy) is 1. The standard InChI is InChI=1S/C17H17NO2/c19-17-16-9-5-4-8-14(16)11-20-12-15(18-17)10-13-6-2-1-3-7-13/h1-9,15H,10-12H2,(H,18,19)/t15-/m0/s1. The first-order valence-corrected chi connectivity index (χ1v) is 6.83. The zero-order valence-corrected chi connectivity index (χ0v) is 11.2. The van der Waals surface area contributed by atoms with Gasteiger partial charge in [-0.1, -0.05) is 48.5 Å². The van der Waals surface area contributed by atoms with Crippen molar-refractivity contribution in [3.05, 3.63) is 71.3 Å². The highest BCUT2D eigenvalue weighted by Gasteiger charge is 2.19. The van der Waals surface area contributed by atoms with Gasteiger partial charge in [-0.3, -0.25) is 4.79 Å². The third kappa shape index (κ3) is 2.89. The van der Waals surface area contributed by atoms with Crippen LogP contribution in [0.3, 0.4) is 0 Å². The van der Waals surface area contributed by atoms with Crippen molar-refractivity contribution in [2.75, 3.05) is 6.61 Å². The second-order valence-corrected chi connectivity index (χ2v) is 5.03. The summed E-state index contributed by atoms with van der Waals surface area (Å²) in [6, 6.07) is 17.8. The van der Waals surface area contributed by atoms with Crippen LogP contribution in [0.4, 0.5) is 0 Å². The topological polar surface area (TPSA) is 38.3 Å². The van der Waals surface area contributed by atoms with Crippen LogP contribution in [0, 0.1) is 0 Å². The van der Waals surface area contributed by atoms with Crippen LogP contribution < -0.4 is 5.32 Å². The number of amides is 1. The van der Waals surface area contributed by atoms with E-state index in [4.69, 9.17) is 4.74 Å². The molecule has 3 rings (SSSR count). The number of hydrogen-bond donors (Lipinski definition) is 1. The minimum absolute atomic E-state index is 0.00942. The molecule has 1 aliphatic rings. The highest BCUT2D eigenvalue weighted by molar-refractivity contribution is 5.95. The van der Waals surface area contributed by atoms with Crippen LogP contribution in [0.25, 0.3) is 0 Å². The molecule has 2 aromatic carbocycles. The molecule has 0 aliphatic carbocycles. The van der Waals surface area contributed by atoms with Gasteiger partial charge in [-0.05, 0) is 23.6 Å². The number of rotatable bonds is 2. The summed E-state index contributed by atoms with van der Waals surface area (Å²) in [6.07, 6.45) is 0.786. The summed E-state index contributed by atoms with van der Waals surface area (Å²) in [6.45, 7) is 1.03. The zero-order valence-electron chi connectivity index (χ0n) is 11.2. The van der Waals surface area contributed by atoms with E-state index in [1.165, 1.54) is 5.56 Å². The fraction of sp³-hybridized carbons (Fsp3) is 0.235. The van der Waals surface area contributed by atoms with E-state index in [2.05, 4.69) is 17.4 Å². The van der Waals surface area contributed by atoms with Crippen LogP contribution in [0.5, 0.6) is 0 Å². The molecule has 0 aromatic heterocycles. The Labute approximate surface area is 118 Å². The number of fused-ring (bicyclic) bond motifs is 1. The summed E-state index contributed by atoms with van der Waals surface area (Å²) in [4.78, 5) is 12.3. The molecular formula is C17H17NO2. The second kappa shape index (κ2) is 5.88. The van der Waals surface area contributed by atoms with E-state index >= 15 is 0 Å². The molecule has 1 N–H and O–H groups in total. The van der Waals surface area contributed by atoms with Gasteiger partial charge < -0.3 is 10.1 Å². The Kier molecular flexibility index (Phi) is 3.79. The van der Waals surface area contributed by atoms with Crippen molar-refractivity contribution in [1.29, 1.82) is 0 Å². The summed E-state index contributed by atoms with van der Waals surface area (Å²) in [7, 11) is 0. The van der Waals surface area contributed by atoms with Crippen LogP contribution in [-0.2, 0) is 17.8 Å². The maximum atomic E-state index is 12.3. The molecule has 3 nitrogen and oxygen atoms in total. The van der Waals surface area contributed by atoms with E-state index in [1.54, 1.807) is 0 Å². The van der Waals surface area contributed by atoms with Crippen LogP contribution in [-0.4, -0.2) is 18.6 Å². The Morgan fingerprint density at radius 3 is 2.65 bits per heavy atom. The molecule has 0 radical (unpaired) electrons. The number of benzene rings is 2. The highest BCUT2D eigenvalue weighted by atomic mass is 16.5. The van der Waals surface area contributed by atoms with Gasteiger partial charge in [0.25, 0.3) is 5.91 Å². The average molecular weight is 267 g/mol. The lowest BCUT2D eigenvalue weighted by atomic mass is 10.0. The quantitative estimate of drug-likeness (QED) is 0.908. The SMILES string of the molecule is O=C1N[C@@H](Cc2ccccc2)COCc2ccccc21. The van der Waals surface area contributed by atoms with Gasteiger partial charge >= 0.3 is 0 Å². The minimum atomic E-state index is -0.00942. The molecule has 0 fully saturated rings. The summed E-state index contributed by atoms with van der Waals surface area (Å²) in [5.41, 5.74) is 2.86. The molecule has 0 unspecified atom stereocenters. The van der Waals surface area contributed by atoms with Gasteiger partial charge in [0.15, 0.2) is 0 Å². The molecule has 1 atom stereocenters. The molecule has 2 aromatic rings. The molecular weight excluding hydrogens is 250 g/mol. The summed E-state index contributed by atoms with van der Waals surface area (Å²) in [5.74, 6) is -0.00942. The van der Waals surface area contributed by atoms with E-state index in [0.717, 1.165) is 12.0 Å². The van der Waals surface area contributed by atoms with E-state index < -0.39 is 0 Å². The second-order valence-electron chi connectivity index (χ2n) is 5.03. The van der Waals surface area contributed by atoms with Crippen LogP contribution in [0.15, 0.2) is 54.6 Å². The lowest BCUT2D eigenvalue weighted by Gasteiger charge is -2.23. The minimum Gasteiger partial charge on any atom is -0.375 e. The van der Waals surface area contributed by atoms with Gasteiger partial charge in [0.1, 0.15) is 0 Å². The molecule has 1 heterocycles. The Balaban J connectivity index is 1.76. The van der Waals surface area contributed by atoms with E-state index in [-0.39, 0.29) is 11.9 Å². The zero-order chi connectivity index (χ0) is 13.8. The lowest BCUT2D eigenvalue weighted by Crippen LogP contribution is -2.41. The molecule has 0 spiro atoms. The van der Waals surface area contributed by atoms with E-state index in [1.807, 2.05) is 42.5 Å². The van der Waals surface area contributed by atoms with Crippen LogP contribution >= 0.6 is 0 Å². The summed E-state index contributed by atoms with van der Waals surface area (Å²) in [5, 5.41) is 3.06. The number of carbonyl (C=O) groups is 1. The Morgan fingerprint density at radius 1 is 1.05 bits per heavy atom. The van der Waals surface area contributed by atoms with Gasteiger partial charge in [-0.25, -0.2) is 0 Å². The number of nitrogens with one attached hydrogen (secondary N) is 1. The molecule has 0 saturated carbocycles. The van der Waals surface area contributed by atoms with Gasteiger partial charge in [0.05, 0.1) is 19.3 Å². The first-order chi connectivity index (χ1) is 9.83. The van der Waals surface area contributed by atoms with Crippen molar-refractivity contribution < 1.29 is 9.53 Å². The van der Waals surface area contributed by atoms with Gasteiger partial charge in [0.2, 0.25) is 0 Å². The van der Waals surface area contributed by atoms with Crippen molar-refractivity contribution in [1.82, 2.24) is 5.32 Å². The largest absolute Gasteiger partial charge is 0.375 e. The average Bonchev–Trinajstić information content (AvgIpc) is 2.47. The Morgan fingerprint density at radius 2 is 1.80 bits per heavy atom. The van der Waals surface area contributed by atoms with Crippen molar-refractivity contribution in [3.8, 4) is 0 Å². The number of hydrogen-bond acceptors (Lipinski definition) is 2. The predicted octanol–water partition coefficient (Wildman–Crippen LogP) is 2.56. The molecule has 1 aliphatic heterocycles. The molecule has 102 valence electrons. The number of carbonyl (C=O) groups excluding carboxylic acids is 1. The normalized spacial score (nSPS) is 18.6. The van der Waals surface area contributed by atoms with Gasteiger partial charge in [0, 0.05) is 5.56 Å². The molecule has 3 heteroatoms. The van der Waals surface area contributed by atoms with Crippen molar-refractivity contribution in [2.24, 2.45) is 0 Å². The third-order valence-electron chi connectivity index (χ3n) is 3.50. The first kappa shape index (κ1) is 12.9. The molecule has 1 amide bonds. The van der Waals surface area contributed by atoms with Gasteiger partial charge in [-0.15, -0.1) is 0 Å².